The maximum Gasteiger partial charge on any atom is 0.336 e. The molecule has 0 bridgehead atoms. The lowest BCUT2D eigenvalue weighted by molar-refractivity contribution is -0.137. The fraction of sp³-hybridized carbons (Fsp3) is 0.389. The molecule has 1 fully saturated rings. The minimum atomic E-state index is -0.774. The van der Waals surface area contributed by atoms with Gasteiger partial charge in [-0.05, 0) is 94.1 Å². The highest BCUT2D eigenvalue weighted by Gasteiger charge is 2.37. The molecule has 0 spiro atoms. The van der Waals surface area contributed by atoms with Gasteiger partial charge < -0.3 is 35.1 Å². The lowest BCUT2D eigenvalue weighted by Gasteiger charge is -2.32. The van der Waals surface area contributed by atoms with Crippen molar-refractivity contribution in [2.45, 2.75) is 44.9 Å². The summed E-state index contributed by atoms with van der Waals surface area (Å²) in [7, 11) is 4.26. The molecule has 0 aromatic heterocycles. The van der Waals surface area contributed by atoms with Crippen LogP contribution in [-0.4, -0.2) is 64.3 Å². The molecule has 2 aliphatic rings. The van der Waals surface area contributed by atoms with Gasteiger partial charge in [-0.15, -0.1) is 0 Å². The number of esters is 2. The quantitative estimate of drug-likeness (QED) is 0.148. The number of dihydropyridines is 1. The van der Waals surface area contributed by atoms with E-state index >= 15 is 0 Å². The Bertz CT molecular complexity index is 1740. The first-order valence-corrected chi connectivity index (χ1v) is 15.8. The second kappa shape index (κ2) is 14.7. The Balaban J connectivity index is 1.22. The highest BCUT2D eigenvalue weighted by atomic mass is 16.5. The van der Waals surface area contributed by atoms with E-state index in [1.165, 1.54) is 19.8 Å². The third-order valence-corrected chi connectivity index (χ3v) is 9.08. The summed E-state index contributed by atoms with van der Waals surface area (Å²) in [5.41, 5.74) is 3.41. The van der Waals surface area contributed by atoms with Crippen molar-refractivity contribution in [3.05, 3.63) is 103 Å². The van der Waals surface area contributed by atoms with Gasteiger partial charge >= 0.3 is 11.9 Å². The van der Waals surface area contributed by atoms with E-state index < -0.39 is 28.7 Å². The van der Waals surface area contributed by atoms with E-state index in [1.54, 1.807) is 45.2 Å². The summed E-state index contributed by atoms with van der Waals surface area (Å²) in [5.74, 6) is -0.532. The summed E-state index contributed by atoms with van der Waals surface area (Å²) in [6.45, 7) is 6.92. The Morgan fingerprint density at radius 1 is 0.851 bits per heavy atom. The Labute approximate surface area is 274 Å². The zero-order valence-electron chi connectivity index (χ0n) is 27.5. The number of ether oxygens (including phenoxy) is 3. The topological polar surface area (TPSA) is 135 Å². The van der Waals surface area contributed by atoms with Crippen molar-refractivity contribution in [3.8, 4) is 5.75 Å². The second-order valence-corrected chi connectivity index (χ2v) is 12.0. The molecular formula is C36H42N4O7. The van der Waals surface area contributed by atoms with Crippen LogP contribution in [0, 0.1) is 0 Å². The van der Waals surface area contributed by atoms with Crippen molar-refractivity contribution in [1.82, 2.24) is 10.2 Å². The fourth-order valence-corrected chi connectivity index (χ4v) is 6.61. The largest absolute Gasteiger partial charge is 0.497 e. The molecule has 47 heavy (non-hydrogen) atoms. The Morgan fingerprint density at radius 3 is 2.11 bits per heavy atom. The molecule has 0 radical (unpaired) electrons. The lowest BCUT2D eigenvalue weighted by atomic mass is 9.80. The van der Waals surface area contributed by atoms with E-state index in [1.807, 2.05) is 12.1 Å². The Morgan fingerprint density at radius 2 is 1.47 bits per heavy atom. The van der Waals surface area contributed by atoms with Crippen molar-refractivity contribution >= 4 is 29.0 Å². The average Bonchev–Trinajstić information content (AvgIpc) is 3.10. The minimum absolute atomic E-state index is 0.191. The van der Waals surface area contributed by atoms with Gasteiger partial charge in [0.25, 0.3) is 10.9 Å². The number of likely N-dealkylation sites (tertiary alicyclic amines) is 1. The van der Waals surface area contributed by atoms with Crippen molar-refractivity contribution in [3.63, 3.8) is 0 Å². The van der Waals surface area contributed by atoms with E-state index in [4.69, 9.17) is 14.2 Å². The van der Waals surface area contributed by atoms with E-state index in [0.29, 0.717) is 35.1 Å². The van der Waals surface area contributed by atoms with Crippen LogP contribution in [-0.2, 0) is 19.1 Å². The summed E-state index contributed by atoms with van der Waals surface area (Å²) in [4.78, 5) is 53.3. The SMILES string of the molecule is COC(=O)C1=C(C)NC(C)=C(C(=O)OC)C1c1cccc(Nc2c(NCCCN3CCC(c4cccc(OC)c4)CC3)c(=O)c2=O)c1. The first kappa shape index (κ1) is 33.5. The third kappa shape index (κ3) is 7.10. The minimum Gasteiger partial charge on any atom is -0.497 e. The molecule has 0 atom stereocenters. The molecular weight excluding hydrogens is 600 g/mol. The van der Waals surface area contributed by atoms with Crippen molar-refractivity contribution < 1.29 is 23.8 Å². The number of nitrogens with zero attached hydrogens (tertiary/aromatic N) is 1. The first-order valence-electron chi connectivity index (χ1n) is 15.8. The molecule has 11 nitrogen and oxygen atoms in total. The molecule has 2 aliphatic heterocycles. The molecule has 3 aromatic rings. The van der Waals surface area contributed by atoms with Gasteiger partial charge in [0.1, 0.15) is 17.1 Å². The number of rotatable bonds is 12. The van der Waals surface area contributed by atoms with Crippen molar-refractivity contribution in [2.75, 3.05) is 58.1 Å². The normalized spacial score (nSPS) is 16.2. The maximum absolute atomic E-state index is 12.9. The molecule has 3 N–H and O–H groups in total. The molecule has 0 aliphatic carbocycles. The van der Waals surface area contributed by atoms with Gasteiger partial charge in [0.15, 0.2) is 0 Å². The molecule has 1 saturated heterocycles. The third-order valence-electron chi connectivity index (χ3n) is 9.08. The highest BCUT2D eigenvalue weighted by Crippen LogP contribution is 2.40. The maximum atomic E-state index is 12.9. The average molecular weight is 643 g/mol. The zero-order chi connectivity index (χ0) is 33.7. The molecule has 3 aromatic carbocycles. The number of methoxy groups -OCH3 is 3. The Kier molecular flexibility index (Phi) is 10.5. The van der Waals surface area contributed by atoms with E-state index in [9.17, 15) is 19.2 Å². The first-order chi connectivity index (χ1) is 22.7. The Hall–Kier alpha value is -4.90. The van der Waals surface area contributed by atoms with E-state index in [-0.39, 0.29) is 22.5 Å². The van der Waals surface area contributed by atoms with Gasteiger partial charge in [-0.25, -0.2) is 9.59 Å². The van der Waals surface area contributed by atoms with Crippen LogP contribution in [0.4, 0.5) is 17.1 Å². The number of allylic oxidation sites excluding steroid dienone is 2. The molecule has 0 saturated carbocycles. The van der Waals surface area contributed by atoms with Crippen LogP contribution < -0.4 is 31.5 Å². The zero-order valence-corrected chi connectivity index (χ0v) is 27.5. The predicted molar refractivity (Wildman–Crippen MR) is 181 cm³/mol. The number of carbonyl (C=O) groups is 2. The van der Waals surface area contributed by atoms with Gasteiger partial charge in [0.05, 0.1) is 38.4 Å². The van der Waals surface area contributed by atoms with Crippen LogP contribution in [0.1, 0.15) is 56.1 Å². The predicted octanol–water partition coefficient (Wildman–Crippen LogP) is 4.30. The summed E-state index contributed by atoms with van der Waals surface area (Å²) in [6.07, 6.45) is 2.98. The summed E-state index contributed by atoms with van der Waals surface area (Å²) >= 11 is 0. The molecule has 0 unspecified atom stereocenters. The summed E-state index contributed by atoms with van der Waals surface area (Å²) in [6, 6.07) is 15.3. The fourth-order valence-electron chi connectivity index (χ4n) is 6.61. The molecule has 5 rings (SSSR count). The molecule has 0 amide bonds. The summed E-state index contributed by atoms with van der Waals surface area (Å²) in [5, 5.41) is 9.34. The van der Waals surface area contributed by atoms with Gasteiger partial charge in [0.2, 0.25) is 0 Å². The van der Waals surface area contributed by atoms with Crippen LogP contribution in [0.5, 0.6) is 5.75 Å². The number of nitrogens with one attached hydrogen (secondary N) is 3. The second-order valence-electron chi connectivity index (χ2n) is 12.0. The van der Waals surface area contributed by atoms with Gasteiger partial charge in [-0.1, -0.05) is 24.3 Å². The van der Waals surface area contributed by atoms with Crippen LogP contribution in [0.2, 0.25) is 0 Å². The summed E-state index contributed by atoms with van der Waals surface area (Å²) < 4.78 is 15.5. The van der Waals surface area contributed by atoms with Gasteiger partial charge in [-0.2, -0.15) is 0 Å². The van der Waals surface area contributed by atoms with Crippen molar-refractivity contribution in [2.24, 2.45) is 0 Å². The molecule has 2 heterocycles. The van der Waals surface area contributed by atoms with Crippen molar-refractivity contribution in [1.29, 1.82) is 0 Å². The van der Waals surface area contributed by atoms with Crippen LogP contribution >= 0.6 is 0 Å². The van der Waals surface area contributed by atoms with Gasteiger partial charge in [0, 0.05) is 23.6 Å². The number of anilines is 3. The van der Waals surface area contributed by atoms with E-state index in [0.717, 1.165) is 44.6 Å². The standard InChI is InChI=1S/C36H42N4O7/c1-21-28(35(43)46-4)30(29(22(2)38-21)36(44)47-5)25-10-6-11-26(19-25)39-32-31(33(41)34(32)42)37-15-8-16-40-17-13-23(14-18-40)24-9-7-12-27(20-24)45-3/h6-7,9-12,19-20,23,30,37-39H,8,13-18H2,1-5H3. The van der Waals surface area contributed by atoms with E-state index in [2.05, 4.69) is 33.0 Å². The van der Waals surface area contributed by atoms with Crippen LogP contribution in [0.25, 0.3) is 0 Å². The number of hydrogen-bond acceptors (Lipinski definition) is 11. The van der Waals surface area contributed by atoms with Crippen LogP contribution in [0.15, 0.2) is 80.7 Å². The van der Waals surface area contributed by atoms with Crippen LogP contribution in [0.3, 0.4) is 0 Å². The number of piperidine rings is 1. The lowest BCUT2D eigenvalue weighted by Crippen LogP contribution is -2.37. The number of carbonyl (C=O) groups excluding carboxylic acids is 2. The smallest absolute Gasteiger partial charge is 0.336 e. The number of hydrogen-bond donors (Lipinski definition) is 3. The van der Waals surface area contributed by atoms with Gasteiger partial charge in [-0.3, -0.25) is 9.59 Å². The molecule has 11 heteroatoms. The highest BCUT2D eigenvalue weighted by molar-refractivity contribution is 6.00. The number of benzene rings is 2. The molecule has 248 valence electrons. The monoisotopic (exact) mass is 642 g/mol.